The van der Waals surface area contributed by atoms with Gasteiger partial charge in [-0.1, -0.05) is 6.92 Å². The fourth-order valence-corrected chi connectivity index (χ4v) is 2.43. The smallest absolute Gasteiger partial charge is 0.193 e. The van der Waals surface area contributed by atoms with E-state index in [2.05, 4.69) is 46.3 Å². The second kappa shape index (κ2) is 4.77. The monoisotopic (exact) mass is 223 g/mol. The van der Waals surface area contributed by atoms with E-state index in [1.54, 1.807) is 11.3 Å². The fourth-order valence-electron chi connectivity index (χ4n) is 1.71. The van der Waals surface area contributed by atoms with Crippen LogP contribution in [0.5, 0.6) is 0 Å². The van der Waals surface area contributed by atoms with Crippen molar-refractivity contribution in [2.24, 2.45) is 0 Å². The van der Waals surface area contributed by atoms with Crippen molar-refractivity contribution in [3.05, 3.63) is 23.5 Å². The molecule has 1 N–H and O–H groups in total. The van der Waals surface area contributed by atoms with Crippen molar-refractivity contribution in [1.29, 1.82) is 0 Å². The Bertz CT molecular complexity index is 390. The Labute approximate surface area is 94.1 Å². The van der Waals surface area contributed by atoms with Gasteiger partial charge in [0.2, 0.25) is 0 Å². The third-order valence-corrected chi connectivity index (χ3v) is 3.30. The van der Waals surface area contributed by atoms with Gasteiger partial charge in [-0.05, 0) is 26.3 Å². The summed E-state index contributed by atoms with van der Waals surface area (Å²) in [5, 5.41) is 5.47. The number of nitrogens with one attached hydrogen (secondary N) is 1. The number of fused-ring (bicyclic) bond motifs is 1. The molecule has 4 heteroatoms. The van der Waals surface area contributed by atoms with Gasteiger partial charge in [0.15, 0.2) is 4.96 Å². The van der Waals surface area contributed by atoms with E-state index in [4.69, 9.17) is 0 Å². The molecule has 0 radical (unpaired) electrons. The van der Waals surface area contributed by atoms with E-state index in [1.807, 2.05) is 0 Å². The molecule has 15 heavy (non-hydrogen) atoms. The van der Waals surface area contributed by atoms with Crippen molar-refractivity contribution in [2.45, 2.75) is 32.7 Å². The van der Waals surface area contributed by atoms with Gasteiger partial charge in [-0.25, -0.2) is 4.98 Å². The Hall–Kier alpha value is -0.870. The highest BCUT2D eigenvalue weighted by molar-refractivity contribution is 7.15. The lowest BCUT2D eigenvalue weighted by molar-refractivity contribution is 0.528. The Morgan fingerprint density at radius 1 is 1.60 bits per heavy atom. The molecule has 0 aromatic carbocycles. The predicted molar refractivity (Wildman–Crippen MR) is 64.5 cm³/mol. The summed E-state index contributed by atoms with van der Waals surface area (Å²) in [4.78, 5) is 5.66. The number of nitrogens with zero attached hydrogens (tertiary/aromatic N) is 2. The van der Waals surface area contributed by atoms with E-state index in [1.165, 1.54) is 5.69 Å². The van der Waals surface area contributed by atoms with Crippen molar-refractivity contribution in [2.75, 3.05) is 6.54 Å². The van der Waals surface area contributed by atoms with Gasteiger partial charge >= 0.3 is 0 Å². The summed E-state index contributed by atoms with van der Waals surface area (Å²) in [6, 6.07) is 0.578. The van der Waals surface area contributed by atoms with E-state index in [9.17, 15) is 0 Å². The van der Waals surface area contributed by atoms with Crippen molar-refractivity contribution in [1.82, 2.24) is 14.7 Å². The van der Waals surface area contributed by atoms with Crippen LogP contribution in [-0.2, 0) is 6.42 Å². The lowest BCUT2D eigenvalue weighted by Crippen LogP contribution is -2.25. The van der Waals surface area contributed by atoms with Crippen LogP contribution in [0.2, 0.25) is 0 Å². The highest BCUT2D eigenvalue weighted by Crippen LogP contribution is 2.12. The second-order valence-corrected chi connectivity index (χ2v) is 4.70. The quantitative estimate of drug-likeness (QED) is 0.843. The van der Waals surface area contributed by atoms with Gasteiger partial charge in [0, 0.05) is 23.8 Å². The first-order chi connectivity index (χ1) is 7.29. The summed E-state index contributed by atoms with van der Waals surface area (Å²) < 4.78 is 2.10. The van der Waals surface area contributed by atoms with E-state index >= 15 is 0 Å². The van der Waals surface area contributed by atoms with Gasteiger partial charge in [0.05, 0.1) is 5.69 Å². The Morgan fingerprint density at radius 2 is 2.47 bits per heavy atom. The summed E-state index contributed by atoms with van der Waals surface area (Å²) in [7, 11) is 0. The molecule has 2 heterocycles. The molecule has 1 atom stereocenters. The molecule has 2 rings (SSSR count). The zero-order valence-electron chi connectivity index (χ0n) is 9.23. The topological polar surface area (TPSA) is 29.3 Å². The summed E-state index contributed by atoms with van der Waals surface area (Å²) in [5.74, 6) is 0. The summed E-state index contributed by atoms with van der Waals surface area (Å²) >= 11 is 1.69. The molecular formula is C11H17N3S. The molecule has 0 saturated carbocycles. The summed E-state index contributed by atoms with van der Waals surface area (Å²) in [6.45, 7) is 5.41. The van der Waals surface area contributed by atoms with Crippen LogP contribution in [0.15, 0.2) is 17.8 Å². The maximum absolute atomic E-state index is 4.56. The van der Waals surface area contributed by atoms with Crippen molar-refractivity contribution < 1.29 is 0 Å². The molecule has 0 bridgehead atoms. The number of hydrogen-bond acceptors (Lipinski definition) is 3. The minimum atomic E-state index is 0.578. The molecule has 0 spiro atoms. The van der Waals surface area contributed by atoms with Crippen LogP contribution in [0.3, 0.4) is 0 Å². The van der Waals surface area contributed by atoms with Crippen LogP contribution < -0.4 is 5.32 Å². The third kappa shape index (κ3) is 2.58. The third-order valence-electron chi connectivity index (χ3n) is 2.53. The van der Waals surface area contributed by atoms with Gasteiger partial charge in [-0.3, -0.25) is 4.40 Å². The van der Waals surface area contributed by atoms with E-state index in [-0.39, 0.29) is 0 Å². The summed E-state index contributed by atoms with van der Waals surface area (Å²) in [6.07, 6.45) is 6.40. The van der Waals surface area contributed by atoms with E-state index in [0.717, 1.165) is 24.3 Å². The Balaban J connectivity index is 1.92. The number of imidazole rings is 1. The highest BCUT2D eigenvalue weighted by Gasteiger charge is 2.05. The molecule has 0 saturated heterocycles. The standard InChI is InChI=1S/C11H17N3S/c1-3-12-9(2)4-5-10-8-14-6-7-15-11(14)13-10/h6-9,12H,3-5H2,1-2H3. The van der Waals surface area contributed by atoms with Crippen LogP contribution in [0.25, 0.3) is 4.96 Å². The number of rotatable bonds is 5. The molecule has 0 aliphatic heterocycles. The maximum atomic E-state index is 4.56. The van der Waals surface area contributed by atoms with Gasteiger partial charge in [0.25, 0.3) is 0 Å². The minimum Gasteiger partial charge on any atom is -0.315 e. The maximum Gasteiger partial charge on any atom is 0.193 e. The van der Waals surface area contributed by atoms with Crippen LogP contribution in [0.4, 0.5) is 0 Å². The van der Waals surface area contributed by atoms with Crippen LogP contribution in [0.1, 0.15) is 26.0 Å². The molecule has 2 aromatic rings. The molecule has 0 aliphatic carbocycles. The first kappa shape index (κ1) is 10.6. The van der Waals surface area contributed by atoms with Gasteiger partial charge < -0.3 is 5.32 Å². The molecule has 1 unspecified atom stereocenters. The molecule has 82 valence electrons. The normalized spacial score (nSPS) is 13.5. The zero-order chi connectivity index (χ0) is 10.7. The lowest BCUT2D eigenvalue weighted by Gasteiger charge is -2.10. The van der Waals surface area contributed by atoms with Crippen LogP contribution in [0, 0.1) is 0 Å². The molecule has 0 aliphatic rings. The first-order valence-electron chi connectivity index (χ1n) is 5.44. The number of aryl methyl sites for hydroxylation is 1. The van der Waals surface area contributed by atoms with Crippen LogP contribution in [-0.4, -0.2) is 22.0 Å². The van der Waals surface area contributed by atoms with Gasteiger partial charge in [0.1, 0.15) is 0 Å². The SMILES string of the molecule is CCNC(C)CCc1cn2ccsc2n1. The average Bonchev–Trinajstić information content (AvgIpc) is 2.74. The van der Waals surface area contributed by atoms with Crippen molar-refractivity contribution in [3.8, 4) is 0 Å². The van der Waals surface area contributed by atoms with Gasteiger partial charge in [-0.15, -0.1) is 11.3 Å². The molecular weight excluding hydrogens is 206 g/mol. The first-order valence-corrected chi connectivity index (χ1v) is 6.32. The number of aromatic nitrogens is 2. The van der Waals surface area contributed by atoms with Crippen molar-refractivity contribution >= 4 is 16.3 Å². The van der Waals surface area contributed by atoms with E-state index in [0.29, 0.717) is 6.04 Å². The Morgan fingerprint density at radius 3 is 3.20 bits per heavy atom. The minimum absolute atomic E-state index is 0.578. The highest BCUT2D eigenvalue weighted by atomic mass is 32.1. The molecule has 2 aromatic heterocycles. The number of thiazole rings is 1. The second-order valence-electron chi connectivity index (χ2n) is 3.82. The largest absolute Gasteiger partial charge is 0.315 e. The van der Waals surface area contributed by atoms with Crippen LogP contribution >= 0.6 is 11.3 Å². The predicted octanol–water partition coefficient (Wildman–Crippen LogP) is 2.33. The molecule has 0 fully saturated rings. The van der Waals surface area contributed by atoms with E-state index < -0.39 is 0 Å². The summed E-state index contributed by atoms with van der Waals surface area (Å²) in [5.41, 5.74) is 1.20. The zero-order valence-corrected chi connectivity index (χ0v) is 10.0. The lowest BCUT2D eigenvalue weighted by atomic mass is 10.1. The average molecular weight is 223 g/mol. The molecule has 0 amide bonds. The van der Waals surface area contributed by atoms with Crippen molar-refractivity contribution in [3.63, 3.8) is 0 Å². The fraction of sp³-hybridized carbons (Fsp3) is 0.545. The Kier molecular flexibility index (Phi) is 3.38. The molecule has 3 nitrogen and oxygen atoms in total. The van der Waals surface area contributed by atoms with Gasteiger partial charge in [-0.2, -0.15) is 0 Å². The number of hydrogen-bond donors (Lipinski definition) is 1.